The molecule has 0 radical (unpaired) electrons. The van der Waals surface area contributed by atoms with Crippen LogP contribution in [0.1, 0.15) is 35.9 Å². The molecule has 189 valence electrons. The summed E-state index contributed by atoms with van der Waals surface area (Å²) in [5, 5.41) is 0. The predicted molar refractivity (Wildman–Crippen MR) is 148 cm³/mol. The van der Waals surface area contributed by atoms with Gasteiger partial charge in [0, 0.05) is 0 Å². The molecular formula is C30H26Cl2F3SiZr. The number of rotatable bonds is 5. The van der Waals surface area contributed by atoms with Crippen molar-refractivity contribution < 1.29 is 28.7 Å². The summed E-state index contributed by atoms with van der Waals surface area (Å²) in [7, 11) is 16.5. The van der Waals surface area contributed by atoms with Crippen LogP contribution in [0.3, 0.4) is 0 Å². The monoisotopic (exact) mass is 631 g/mol. The van der Waals surface area contributed by atoms with Gasteiger partial charge in [-0.25, -0.2) is 0 Å². The van der Waals surface area contributed by atoms with Gasteiger partial charge in [-0.3, -0.25) is 0 Å². The van der Waals surface area contributed by atoms with E-state index >= 15 is 0 Å². The Balaban J connectivity index is 1.66. The molecule has 0 spiro atoms. The average molecular weight is 634 g/mol. The summed E-state index contributed by atoms with van der Waals surface area (Å²) in [5.41, 5.74) is 8.70. The Kier molecular flexibility index (Phi) is 6.19. The van der Waals surface area contributed by atoms with E-state index in [4.69, 9.17) is 17.0 Å². The molecule has 0 nitrogen and oxygen atoms in total. The minimum absolute atomic E-state index is 0.0451. The second-order valence-corrected chi connectivity index (χ2v) is 51.8. The zero-order valence-corrected chi connectivity index (χ0v) is 25.4. The van der Waals surface area contributed by atoms with Gasteiger partial charge in [-0.1, -0.05) is 0 Å². The zero-order chi connectivity index (χ0) is 26.0. The number of hydrogen-bond acceptors (Lipinski definition) is 0. The molecule has 2 aliphatic rings. The van der Waals surface area contributed by atoms with Crippen LogP contribution in [0.2, 0.25) is 12.6 Å². The van der Waals surface area contributed by atoms with E-state index in [-0.39, 0.29) is 13.3 Å². The standard InChI is InChI=1S/2C13H9.C4H8F3Si.2ClH.Zr/c2*1-3-7-12-10(5-1)9-11-6-2-4-8-13(11)12;1-8-3-2-4(5,6)7;;;/h2*1-9H;8H,2-3H2,1H3;2*1H;/q;;;;;+2/p-2. The Labute approximate surface area is 224 Å². The Bertz CT molecular complexity index is 1330. The van der Waals surface area contributed by atoms with Crippen LogP contribution in [-0.4, -0.2) is 12.1 Å². The molecule has 0 N–H and O–H groups in total. The Morgan fingerprint density at radius 3 is 1.22 bits per heavy atom. The summed E-state index contributed by atoms with van der Waals surface area (Å²) >= 11 is -5.31. The molecule has 0 saturated heterocycles. The summed E-state index contributed by atoms with van der Waals surface area (Å²) in [6.45, 7) is 2.02. The van der Waals surface area contributed by atoms with E-state index in [0.717, 1.165) is 44.5 Å². The third kappa shape index (κ3) is 3.87. The SMILES string of the molecule is C[SiH](CCC(F)(F)F)[Zr]([Cl])([Cl])([CH]1c2ccccc2-c2ccccc21)[CH]1c2ccccc2-c2ccccc21. The third-order valence-electron chi connectivity index (χ3n) is 8.57. The van der Waals surface area contributed by atoms with Crippen molar-refractivity contribution >= 4 is 22.9 Å². The molecule has 0 aliphatic heterocycles. The maximum atomic E-state index is 13.6. The van der Waals surface area contributed by atoms with Gasteiger partial charge in [0.05, 0.1) is 0 Å². The van der Waals surface area contributed by atoms with Crippen LogP contribution in [-0.2, 0) is 15.6 Å². The number of alkyl halides is 3. The average Bonchev–Trinajstić information content (AvgIpc) is 3.41. The van der Waals surface area contributed by atoms with Crippen molar-refractivity contribution in [3.05, 3.63) is 119 Å². The number of halogens is 5. The summed E-state index contributed by atoms with van der Waals surface area (Å²) in [4.78, 5) is 0. The predicted octanol–water partition coefficient (Wildman–Crippen LogP) is 9.83. The van der Waals surface area contributed by atoms with Crippen LogP contribution in [0.4, 0.5) is 13.2 Å². The summed E-state index contributed by atoms with van der Waals surface area (Å²) in [6.07, 6.45) is -5.08. The van der Waals surface area contributed by atoms with E-state index in [1.54, 1.807) is 0 Å². The molecule has 0 aromatic heterocycles. The van der Waals surface area contributed by atoms with Crippen molar-refractivity contribution in [2.75, 3.05) is 0 Å². The third-order valence-corrected chi connectivity index (χ3v) is 58.4. The molecule has 6 rings (SSSR count). The number of benzene rings is 4. The quantitative estimate of drug-likeness (QED) is 0.192. The molecule has 0 amide bonds. The Morgan fingerprint density at radius 2 is 0.919 bits per heavy atom. The fourth-order valence-electron chi connectivity index (χ4n) is 6.89. The first kappa shape index (κ1) is 25.6. The van der Waals surface area contributed by atoms with Crippen molar-refractivity contribution in [2.24, 2.45) is 0 Å². The van der Waals surface area contributed by atoms with Crippen LogP contribution in [0, 0.1) is 0 Å². The van der Waals surface area contributed by atoms with Crippen LogP contribution in [0.15, 0.2) is 97.1 Å². The molecule has 4 aromatic carbocycles. The van der Waals surface area contributed by atoms with Gasteiger partial charge in [-0.2, -0.15) is 0 Å². The fraction of sp³-hybridized carbons (Fsp3) is 0.200. The number of fused-ring (bicyclic) bond motifs is 6. The Morgan fingerprint density at radius 1 is 0.622 bits per heavy atom. The maximum absolute atomic E-state index is 13.6. The summed E-state index contributed by atoms with van der Waals surface area (Å²) in [5.74, 6) is -2.37. The van der Waals surface area contributed by atoms with Gasteiger partial charge in [0.15, 0.2) is 0 Å². The molecule has 37 heavy (non-hydrogen) atoms. The van der Waals surface area contributed by atoms with Crippen molar-refractivity contribution in [3.63, 3.8) is 0 Å². The van der Waals surface area contributed by atoms with E-state index in [0.29, 0.717) is 0 Å². The van der Waals surface area contributed by atoms with Crippen molar-refractivity contribution in [1.29, 1.82) is 0 Å². The molecule has 1 atom stereocenters. The van der Waals surface area contributed by atoms with E-state index < -0.39 is 34.1 Å². The second kappa shape index (κ2) is 8.95. The minimum atomic E-state index is -5.31. The number of hydrogen-bond donors (Lipinski definition) is 0. The van der Waals surface area contributed by atoms with Gasteiger partial charge in [-0.15, -0.1) is 0 Å². The van der Waals surface area contributed by atoms with Crippen molar-refractivity contribution in [3.8, 4) is 22.3 Å². The molecule has 0 fully saturated rings. The van der Waals surface area contributed by atoms with Crippen LogP contribution in [0.5, 0.6) is 0 Å². The summed E-state index contributed by atoms with van der Waals surface area (Å²) in [6, 6.07) is 32.8. The molecule has 0 heterocycles. The van der Waals surface area contributed by atoms with Gasteiger partial charge in [-0.05, 0) is 0 Å². The first-order valence-electron chi connectivity index (χ1n) is 12.6. The van der Waals surface area contributed by atoms with Crippen LogP contribution >= 0.6 is 17.0 Å². The first-order chi connectivity index (χ1) is 17.6. The molecule has 1 unspecified atom stereocenters. The van der Waals surface area contributed by atoms with Crippen molar-refractivity contribution in [2.45, 2.75) is 32.4 Å². The van der Waals surface area contributed by atoms with Gasteiger partial charge < -0.3 is 0 Å². The van der Waals surface area contributed by atoms with Gasteiger partial charge in [0.2, 0.25) is 0 Å². The molecule has 2 aliphatic carbocycles. The molecule has 4 aromatic rings. The fourth-order valence-corrected chi connectivity index (χ4v) is 45.7. The van der Waals surface area contributed by atoms with E-state index in [1.807, 2.05) is 55.1 Å². The molecule has 0 bridgehead atoms. The second-order valence-electron chi connectivity index (χ2n) is 10.5. The van der Waals surface area contributed by atoms with Crippen LogP contribution in [0.25, 0.3) is 22.3 Å². The van der Waals surface area contributed by atoms with Gasteiger partial charge >= 0.3 is 226 Å². The molecular weight excluding hydrogens is 608 g/mol. The van der Waals surface area contributed by atoms with E-state index in [2.05, 4.69) is 48.5 Å². The topological polar surface area (TPSA) is 0 Å². The first-order valence-corrected chi connectivity index (χ1v) is 28.6. The summed E-state index contributed by atoms with van der Waals surface area (Å²) < 4.78 is 40.3. The normalized spacial score (nSPS) is 16.9. The van der Waals surface area contributed by atoms with Gasteiger partial charge in [0.1, 0.15) is 0 Å². The Hall–Kier alpha value is -1.65. The molecule has 0 saturated carbocycles. The van der Waals surface area contributed by atoms with Crippen molar-refractivity contribution in [1.82, 2.24) is 0 Å². The van der Waals surface area contributed by atoms with E-state index in [9.17, 15) is 13.2 Å². The zero-order valence-electron chi connectivity index (χ0n) is 20.3. The van der Waals surface area contributed by atoms with Gasteiger partial charge in [0.25, 0.3) is 0 Å². The van der Waals surface area contributed by atoms with E-state index in [1.165, 1.54) is 0 Å². The van der Waals surface area contributed by atoms with Crippen LogP contribution < -0.4 is 0 Å². The molecule has 7 heteroatoms.